The summed E-state index contributed by atoms with van der Waals surface area (Å²) in [6.07, 6.45) is -1.45. The van der Waals surface area contributed by atoms with Gasteiger partial charge in [-0.15, -0.1) is 0 Å². The average molecular weight is 1110 g/mol. The van der Waals surface area contributed by atoms with Gasteiger partial charge in [-0.1, -0.05) is 21.6 Å². The molecular weight excluding hydrogens is 1050 g/mol. The fourth-order valence-corrected chi connectivity index (χ4v) is 10.5. The van der Waals surface area contributed by atoms with Crippen LogP contribution in [0.1, 0.15) is 49.2 Å². The summed E-state index contributed by atoms with van der Waals surface area (Å²) in [7, 11) is 2.18. The van der Waals surface area contributed by atoms with Crippen LogP contribution >= 0.6 is 21.6 Å². The molecule has 3 aromatic rings. The molecule has 0 saturated carbocycles. The van der Waals surface area contributed by atoms with Crippen molar-refractivity contribution < 1.29 is 68.0 Å². The molecule has 6 rings (SSSR count). The monoisotopic (exact) mass is 1110 g/mol. The van der Waals surface area contributed by atoms with Gasteiger partial charge in [0.1, 0.15) is 30.8 Å². The lowest BCUT2D eigenvalue weighted by Gasteiger charge is -2.25. The minimum absolute atomic E-state index is 0.00812. The Balaban J connectivity index is 0.909. The van der Waals surface area contributed by atoms with Gasteiger partial charge >= 0.3 is 24.0 Å². The van der Waals surface area contributed by atoms with E-state index in [0.717, 1.165) is 21.6 Å². The molecule has 0 bridgehead atoms. The van der Waals surface area contributed by atoms with Crippen LogP contribution in [-0.4, -0.2) is 173 Å². The van der Waals surface area contributed by atoms with E-state index in [4.69, 9.17) is 21.9 Å². The molecule has 7 atom stereocenters. The zero-order valence-electron chi connectivity index (χ0n) is 41.1. The number of ether oxygens (including phenoxy) is 1. The van der Waals surface area contributed by atoms with Gasteiger partial charge in [0.15, 0.2) is 11.2 Å². The Bertz CT molecular complexity index is 2970. The zero-order chi connectivity index (χ0) is 56.2. The molecule has 5 amide bonds. The molecular formula is C45H55N15O15S2. The SMILES string of the molecule is CC1=C(NCCSSC[C@@H](NC(=O)[C@@H](CC(=O)O)NC(=O)[C@H](N)CNC(=O)CC[C@@H](NC(=O)c2ccc(NCc3cnc4nc(N)[nH]c(=O)c4n3)cc2)C(=O)O)C(=O)O)C(=O)C2=C(C1=O)N1CN[C@@H](C)C1[C@@H]2COC(N)=O. The van der Waals surface area contributed by atoms with Gasteiger partial charge in [-0.25, -0.2) is 24.4 Å². The number of nitrogens with two attached hydrogens (primary N) is 3. The molecule has 1 fully saturated rings. The fourth-order valence-electron chi connectivity index (χ4n) is 8.39. The normalized spacial score (nSPS) is 18.3. The second-order valence-corrected chi connectivity index (χ2v) is 20.2. The predicted octanol–water partition coefficient (Wildman–Crippen LogP) is -3.16. The summed E-state index contributed by atoms with van der Waals surface area (Å²) in [5.41, 5.74) is 17.9. The van der Waals surface area contributed by atoms with Gasteiger partial charge in [-0.2, -0.15) is 4.98 Å². The molecule has 17 N–H and O–H groups in total. The molecule has 32 heteroatoms. The number of rotatable bonds is 27. The topological polar surface area (TPSA) is 478 Å². The van der Waals surface area contributed by atoms with Crippen molar-refractivity contribution >= 4 is 104 Å². The van der Waals surface area contributed by atoms with Crippen molar-refractivity contribution in [3.63, 3.8) is 0 Å². The largest absolute Gasteiger partial charge is 0.481 e. The van der Waals surface area contributed by atoms with E-state index in [2.05, 4.69) is 57.2 Å². The van der Waals surface area contributed by atoms with E-state index in [1.54, 1.807) is 4.90 Å². The molecule has 2 aliphatic heterocycles. The van der Waals surface area contributed by atoms with Gasteiger partial charge in [0.05, 0.1) is 49.0 Å². The number of amides is 5. The molecule has 2 aromatic heterocycles. The smallest absolute Gasteiger partial charge is 0.404 e. The van der Waals surface area contributed by atoms with Crippen LogP contribution in [0.15, 0.2) is 57.8 Å². The Hall–Kier alpha value is -8.36. The molecule has 30 nitrogen and oxygen atoms in total. The number of aromatic amines is 1. The first kappa shape index (κ1) is 57.9. The molecule has 4 heterocycles. The number of nitrogens with zero attached hydrogens (tertiary/aromatic N) is 4. The van der Waals surface area contributed by atoms with Gasteiger partial charge in [-0.05, 0) is 44.5 Å². The minimum Gasteiger partial charge on any atom is -0.481 e. The fraction of sp³-hybridized carbons (Fsp3) is 0.422. The number of fused-ring (bicyclic) bond motifs is 3. The quantitative estimate of drug-likeness (QED) is 0.0203. The number of aliphatic carboxylic acids is 3. The first-order valence-corrected chi connectivity index (χ1v) is 25.9. The number of hydrogen-bond acceptors (Lipinski definition) is 23. The Labute approximate surface area is 443 Å². The molecule has 1 aliphatic carbocycles. The lowest BCUT2D eigenvalue weighted by atomic mass is 9.83. The number of hydrogen-bond donors (Lipinski definition) is 14. The van der Waals surface area contributed by atoms with E-state index < -0.39 is 108 Å². The van der Waals surface area contributed by atoms with Gasteiger partial charge in [0.2, 0.25) is 35.2 Å². The maximum Gasteiger partial charge on any atom is 0.404 e. The van der Waals surface area contributed by atoms with E-state index in [9.17, 15) is 68.1 Å². The Morgan fingerprint density at radius 2 is 1.61 bits per heavy atom. The molecule has 412 valence electrons. The molecule has 1 saturated heterocycles. The molecule has 0 spiro atoms. The van der Waals surface area contributed by atoms with E-state index in [-0.39, 0.29) is 101 Å². The van der Waals surface area contributed by atoms with Crippen LogP contribution in [0, 0.1) is 5.92 Å². The van der Waals surface area contributed by atoms with E-state index in [0.29, 0.717) is 18.1 Å². The Morgan fingerprint density at radius 3 is 2.29 bits per heavy atom. The van der Waals surface area contributed by atoms with E-state index >= 15 is 0 Å². The first-order chi connectivity index (χ1) is 36.5. The summed E-state index contributed by atoms with van der Waals surface area (Å²) in [5.74, 6) is -9.78. The number of nitrogen functional groups attached to an aromatic ring is 1. The minimum atomic E-state index is -1.81. The van der Waals surface area contributed by atoms with Crippen molar-refractivity contribution in [2.75, 3.05) is 48.9 Å². The van der Waals surface area contributed by atoms with Crippen LogP contribution in [0.4, 0.5) is 16.4 Å². The summed E-state index contributed by atoms with van der Waals surface area (Å²) < 4.78 is 5.07. The number of H-pyrrole nitrogens is 1. The number of benzene rings is 1. The number of primary amides is 1. The number of ketones is 2. The number of carboxylic acid groups (broad SMARTS) is 3. The van der Waals surface area contributed by atoms with Crippen molar-refractivity contribution in [2.45, 2.75) is 75.9 Å². The lowest BCUT2D eigenvalue weighted by Crippen LogP contribution is -2.57. The third kappa shape index (κ3) is 14.7. The lowest BCUT2D eigenvalue weighted by molar-refractivity contribution is -0.143. The van der Waals surface area contributed by atoms with Crippen molar-refractivity contribution in [1.82, 2.24) is 56.7 Å². The number of nitrogens with one attached hydrogen (secondary N) is 8. The zero-order valence-corrected chi connectivity index (χ0v) is 42.7. The first-order valence-electron chi connectivity index (χ1n) is 23.5. The van der Waals surface area contributed by atoms with Gasteiger partial charge in [0.25, 0.3) is 11.5 Å². The highest BCUT2D eigenvalue weighted by Gasteiger charge is 2.53. The van der Waals surface area contributed by atoms with Crippen molar-refractivity contribution in [1.29, 1.82) is 0 Å². The maximum atomic E-state index is 13.8. The Morgan fingerprint density at radius 1 is 0.909 bits per heavy atom. The van der Waals surface area contributed by atoms with Gasteiger partial charge in [0, 0.05) is 65.4 Å². The average Bonchev–Trinajstić information content (AvgIpc) is 3.93. The number of carbonyl (C=O) groups excluding carboxylic acids is 7. The third-order valence-electron chi connectivity index (χ3n) is 12.2. The highest BCUT2D eigenvalue weighted by Crippen LogP contribution is 2.43. The van der Waals surface area contributed by atoms with E-state index in [1.165, 1.54) is 37.4 Å². The second kappa shape index (κ2) is 25.9. The summed E-state index contributed by atoms with van der Waals surface area (Å²) in [6.45, 7) is 3.23. The highest BCUT2D eigenvalue weighted by atomic mass is 33.1. The second-order valence-electron chi connectivity index (χ2n) is 17.6. The van der Waals surface area contributed by atoms with E-state index in [1.807, 2.05) is 6.92 Å². The third-order valence-corrected chi connectivity index (χ3v) is 14.7. The number of allylic oxidation sites excluding steroid dienone is 2. The van der Waals surface area contributed by atoms with Crippen LogP contribution in [-0.2, 0) is 49.6 Å². The number of Topliss-reactive ketones (excluding diaryl/α,β-unsaturated/α-hetero) is 2. The number of anilines is 2. The molecule has 1 aromatic carbocycles. The van der Waals surface area contributed by atoms with Crippen LogP contribution in [0.3, 0.4) is 0 Å². The van der Waals surface area contributed by atoms with Gasteiger partial charge < -0.3 is 74.1 Å². The molecule has 3 aliphatic rings. The molecule has 1 unspecified atom stereocenters. The number of carbonyl (C=O) groups is 10. The van der Waals surface area contributed by atoms with Gasteiger partial charge in [-0.3, -0.25) is 48.7 Å². The van der Waals surface area contributed by atoms with Crippen LogP contribution in [0.2, 0.25) is 0 Å². The van der Waals surface area contributed by atoms with Crippen molar-refractivity contribution in [3.05, 3.63) is 74.6 Å². The summed E-state index contributed by atoms with van der Waals surface area (Å²) in [6, 6.07) is -1.04. The van der Waals surface area contributed by atoms with Crippen molar-refractivity contribution in [2.24, 2.45) is 17.4 Å². The molecule has 77 heavy (non-hydrogen) atoms. The van der Waals surface area contributed by atoms with Crippen LogP contribution < -0.4 is 60.0 Å². The van der Waals surface area contributed by atoms with Crippen LogP contribution in [0.5, 0.6) is 0 Å². The molecule has 0 radical (unpaired) electrons. The predicted molar refractivity (Wildman–Crippen MR) is 274 cm³/mol. The standard InChI is InChI=1S/C45H55N15O15S2/c1-18-31(36(65)30-23(15-75-45(48)74)33-19(2)53-17-60(33)34(30)35(18)64)49-9-10-76-77-16-27(43(72)73)57-40(68)26(11-29(62)63)56-39(67)24(46)14-51-28(61)8-7-25(42(70)71)55-38(66)20-3-5-21(6-4-20)50-12-22-13-52-37-32(54-22)41(69)59-44(47)58-37/h3-6,13,19,23-27,33,49-50,53H,7-12,14-17,46H2,1-2H3,(H2,48,74)(H,51,61)(H,55,66)(H,56,67)(H,57,68)(H,62,63)(H,70,71)(H,72,73)(H3,47,52,58,59,69)/t19-,23+,24+,25+,26+,27+,33?/m0/s1. The summed E-state index contributed by atoms with van der Waals surface area (Å²) >= 11 is 0. The van der Waals surface area contributed by atoms with Crippen LogP contribution in [0.25, 0.3) is 11.2 Å². The number of carboxylic acids is 3. The Kier molecular flexibility index (Phi) is 19.5. The highest BCUT2D eigenvalue weighted by molar-refractivity contribution is 8.76. The summed E-state index contributed by atoms with van der Waals surface area (Å²) in [4.78, 5) is 155. The van der Waals surface area contributed by atoms with Crippen molar-refractivity contribution in [3.8, 4) is 0 Å². The number of aromatic nitrogens is 4. The summed E-state index contributed by atoms with van der Waals surface area (Å²) in [5, 5.41) is 47.4. The maximum absolute atomic E-state index is 13.8.